The number of ether oxygens (including phenoxy) is 1. The molecule has 1 N–H and O–H groups in total. The van der Waals surface area contributed by atoms with Gasteiger partial charge in [0.05, 0.1) is 19.6 Å². The van der Waals surface area contributed by atoms with Gasteiger partial charge in [0.15, 0.2) is 0 Å². The summed E-state index contributed by atoms with van der Waals surface area (Å²) in [5, 5.41) is 2.87. The topological polar surface area (TPSA) is 61.9 Å². The minimum Gasteiger partial charge on any atom is -0.469 e. The van der Waals surface area contributed by atoms with Crippen LogP contribution in [0.15, 0.2) is 24.3 Å². The lowest BCUT2D eigenvalue weighted by molar-refractivity contribution is -0.150. The minimum atomic E-state index is -0.265. The van der Waals surface area contributed by atoms with Gasteiger partial charge in [-0.1, -0.05) is 12.1 Å². The maximum absolute atomic E-state index is 13.5. The van der Waals surface area contributed by atoms with E-state index in [0.29, 0.717) is 30.6 Å². The minimum absolute atomic E-state index is 0.0109. The predicted molar refractivity (Wildman–Crippen MR) is 135 cm³/mol. The Morgan fingerprint density at radius 3 is 2.61 bits per heavy atom. The number of hydrogen-bond donors (Lipinski definition) is 3. The summed E-state index contributed by atoms with van der Waals surface area (Å²) in [6, 6.07) is 7.09. The molecule has 2 saturated heterocycles. The predicted octanol–water partition coefficient (Wildman–Crippen LogP) is 2.60. The van der Waals surface area contributed by atoms with Crippen molar-refractivity contribution >= 4 is 37.1 Å². The van der Waals surface area contributed by atoms with Crippen molar-refractivity contribution in [1.29, 1.82) is 0 Å². The Kier molecular flexibility index (Phi) is 10.3. The Balaban J connectivity index is 1.63. The maximum Gasteiger partial charge on any atom is 0.310 e. The number of hydrogen-bond acceptors (Lipinski definition) is 7. The number of amides is 1. The Morgan fingerprint density at radius 1 is 1.18 bits per heavy atom. The largest absolute Gasteiger partial charge is 0.469 e. The number of carbonyl (C=O) groups excluding carboxylic acids is 2. The van der Waals surface area contributed by atoms with Gasteiger partial charge in [-0.3, -0.25) is 19.4 Å². The van der Waals surface area contributed by atoms with Gasteiger partial charge in [0, 0.05) is 42.6 Å². The zero-order chi connectivity index (χ0) is 23.8. The first-order valence-corrected chi connectivity index (χ1v) is 13.0. The molecule has 3 unspecified atom stereocenters. The van der Waals surface area contributed by atoms with E-state index in [1.165, 1.54) is 19.2 Å². The van der Waals surface area contributed by atoms with Crippen LogP contribution in [0.5, 0.6) is 0 Å². The molecule has 2 fully saturated rings. The molecule has 1 aromatic rings. The lowest BCUT2D eigenvalue weighted by Crippen LogP contribution is -2.51. The van der Waals surface area contributed by atoms with Crippen LogP contribution in [-0.4, -0.2) is 85.1 Å². The van der Waals surface area contributed by atoms with E-state index in [0.717, 1.165) is 50.9 Å². The number of nitrogens with zero attached hydrogens (tertiary/aromatic N) is 2. The van der Waals surface area contributed by atoms with Crippen molar-refractivity contribution in [3.8, 4) is 0 Å². The molecule has 0 aromatic heterocycles. The first-order valence-electron chi connectivity index (χ1n) is 11.8. The summed E-state index contributed by atoms with van der Waals surface area (Å²) in [5.41, 5.74) is 1.01. The van der Waals surface area contributed by atoms with E-state index >= 15 is 0 Å². The number of piperidine rings is 1. The number of benzene rings is 1. The third-order valence-corrected chi connectivity index (χ3v) is 7.37. The number of thiol groups is 2. The summed E-state index contributed by atoms with van der Waals surface area (Å²) >= 11 is 8.47. The van der Waals surface area contributed by atoms with Crippen LogP contribution in [0.4, 0.5) is 4.39 Å². The van der Waals surface area contributed by atoms with E-state index in [1.807, 2.05) is 0 Å². The van der Waals surface area contributed by atoms with E-state index in [-0.39, 0.29) is 35.6 Å². The van der Waals surface area contributed by atoms with Gasteiger partial charge in [-0.2, -0.15) is 25.3 Å². The molecule has 9 heteroatoms. The molecule has 1 aromatic carbocycles. The Hall–Kier alpha value is -1.29. The van der Waals surface area contributed by atoms with Crippen LogP contribution in [0.25, 0.3) is 0 Å². The van der Waals surface area contributed by atoms with Gasteiger partial charge in [0.2, 0.25) is 5.91 Å². The molecule has 3 rings (SSSR count). The third-order valence-electron chi connectivity index (χ3n) is 6.94. The molecule has 4 atom stereocenters. The number of esters is 1. The monoisotopic (exact) mass is 497 g/mol. The van der Waals surface area contributed by atoms with Gasteiger partial charge in [-0.15, -0.1) is 0 Å². The number of rotatable bonds is 12. The second-order valence-corrected chi connectivity index (χ2v) is 9.80. The second kappa shape index (κ2) is 13.0. The van der Waals surface area contributed by atoms with Crippen molar-refractivity contribution in [3.05, 3.63) is 35.6 Å². The van der Waals surface area contributed by atoms with Gasteiger partial charge in [0.25, 0.3) is 0 Å². The molecule has 2 bridgehead atoms. The number of nitrogens with one attached hydrogen (secondary N) is 1. The summed E-state index contributed by atoms with van der Waals surface area (Å²) in [5.74, 6) is 0.671. The zero-order valence-electron chi connectivity index (χ0n) is 19.3. The summed E-state index contributed by atoms with van der Waals surface area (Å²) < 4.78 is 18.7. The van der Waals surface area contributed by atoms with E-state index in [2.05, 4.69) is 40.4 Å². The van der Waals surface area contributed by atoms with Crippen molar-refractivity contribution in [1.82, 2.24) is 15.1 Å². The third kappa shape index (κ3) is 6.87. The lowest BCUT2D eigenvalue weighted by Gasteiger charge is -2.44. The van der Waals surface area contributed by atoms with Crippen molar-refractivity contribution in [2.45, 2.75) is 43.7 Å². The van der Waals surface area contributed by atoms with E-state index in [9.17, 15) is 14.0 Å². The standard InChI is InChI=1S/C24H36FN3O3S2/c1-31-24(30)23-20(17-3-5-18(25)6-4-17)15-19-7-8-21(23)28(19)11-2-10-27(12-14-33)16-22(29)26-9-13-32/h3-6,19-21,23,32-33H,2,7-16H2,1H3,(H,26,29)/t19?,20?,21?,23-/m0/s1. The first-order chi connectivity index (χ1) is 16.0. The molecule has 33 heavy (non-hydrogen) atoms. The highest BCUT2D eigenvalue weighted by molar-refractivity contribution is 7.80. The smallest absolute Gasteiger partial charge is 0.310 e. The molecule has 6 nitrogen and oxygen atoms in total. The van der Waals surface area contributed by atoms with Crippen molar-refractivity contribution in [3.63, 3.8) is 0 Å². The summed E-state index contributed by atoms with van der Waals surface area (Å²) in [4.78, 5) is 29.6. The zero-order valence-corrected chi connectivity index (χ0v) is 21.1. The average molecular weight is 498 g/mol. The molecule has 0 saturated carbocycles. The molecule has 0 aliphatic carbocycles. The number of fused-ring (bicyclic) bond motifs is 2. The van der Waals surface area contributed by atoms with E-state index < -0.39 is 0 Å². The number of carbonyl (C=O) groups is 2. The van der Waals surface area contributed by atoms with E-state index in [1.54, 1.807) is 12.1 Å². The summed E-state index contributed by atoms with van der Waals surface area (Å²) in [6.07, 6.45) is 3.81. The fraction of sp³-hybridized carbons (Fsp3) is 0.667. The van der Waals surface area contributed by atoms with Crippen LogP contribution in [0.3, 0.4) is 0 Å². The van der Waals surface area contributed by atoms with Crippen LogP contribution in [0.1, 0.15) is 37.2 Å². The van der Waals surface area contributed by atoms with Crippen molar-refractivity contribution in [2.24, 2.45) is 5.92 Å². The first kappa shape index (κ1) is 26.3. The number of methoxy groups -OCH3 is 1. The highest BCUT2D eigenvalue weighted by atomic mass is 32.1. The van der Waals surface area contributed by atoms with Crippen LogP contribution in [0, 0.1) is 11.7 Å². The molecule has 0 radical (unpaired) electrons. The highest BCUT2D eigenvalue weighted by Gasteiger charge is 2.50. The van der Waals surface area contributed by atoms with Gasteiger partial charge in [-0.25, -0.2) is 4.39 Å². The van der Waals surface area contributed by atoms with Gasteiger partial charge >= 0.3 is 5.97 Å². The van der Waals surface area contributed by atoms with Crippen LogP contribution in [-0.2, 0) is 14.3 Å². The highest BCUT2D eigenvalue weighted by Crippen LogP contribution is 2.47. The summed E-state index contributed by atoms with van der Waals surface area (Å²) in [6.45, 7) is 3.35. The van der Waals surface area contributed by atoms with Crippen LogP contribution >= 0.6 is 25.3 Å². The Bertz CT molecular complexity index is 783. The quantitative estimate of drug-likeness (QED) is 0.306. The van der Waals surface area contributed by atoms with Crippen LogP contribution in [0.2, 0.25) is 0 Å². The molecular weight excluding hydrogens is 461 g/mol. The van der Waals surface area contributed by atoms with Gasteiger partial charge in [-0.05, 0) is 56.5 Å². The molecule has 0 spiro atoms. The molecule has 2 heterocycles. The average Bonchev–Trinajstić information content (AvgIpc) is 3.08. The van der Waals surface area contributed by atoms with Crippen molar-refractivity contribution < 1.29 is 18.7 Å². The van der Waals surface area contributed by atoms with Crippen LogP contribution < -0.4 is 5.32 Å². The lowest BCUT2D eigenvalue weighted by atomic mass is 9.76. The second-order valence-electron chi connectivity index (χ2n) is 8.91. The van der Waals surface area contributed by atoms with E-state index in [4.69, 9.17) is 4.74 Å². The normalized spacial score (nSPS) is 24.8. The fourth-order valence-corrected chi connectivity index (χ4v) is 5.91. The fourth-order valence-electron chi connectivity index (χ4n) is 5.51. The molecule has 184 valence electrons. The number of halogens is 1. The van der Waals surface area contributed by atoms with Gasteiger partial charge in [0.1, 0.15) is 5.82 Å². The maximum atomic E-state index is 13.5. The molecule has 2 aliphatic heterocycles. The molecule has 2 aliphatic rings. The SMILES string of the molecule is COC(=O)[C@H]1C(c2ccc(F)cc2)CC2CCC1N2CCCN(CCS)CC(=O)NCCS. The Morgan fingerprint density at radius 2 is 1.94 bits per heavy atom. The Labute approximate surface area is 207 Å². The van der Waals surface area contributed by atoms with Crippen molar-refractivity contribution in [2.75, 3.05) is 51.3 Å². The molecule has 1 amide bonds. The molecular formula is C24H36FN3O3S2. The van der Waals surface area contributed by atoms with Gasteiger partial charge < -0.3 is 10.1 Å². The summed E-state index contributed by atoms with van der Waals surface area (Å²) in [7, 11) is 1.45.